The first-order valence-corrected chi connectivity index (χ1v) is 12.7. The van der Waals surface area contributed by atoms with Gasteiger partial charge in [0.2, 0.25) is 0 Å². The molecule has 7 nitrogen and oxygen atoms in total. The molecule has 0 fully saturated rings. The SMILES string of the molecule is CCOCc1cc(COc2cc(C)nc(C)c2C(C)=O)ccc1-c1cc(C)sc1S(=O)(=O)O. The molecular weight excluding hydrogens is 462 g/mol. The minimum absolute atomic E-state index is 0.0874. The Morgan fingerprint density at radius 3 is 2.45 bits per heavy atom. The van der Waals surface area contributed by atoms with Crippen LogP contribution in [0.15, 0.2) is 34.5 Å². The molecule has 0 aliphatic heterocycles. The third kappa shape index (κ3) is 5.86. The van der Waals surface area contributed by atoms with Gasteiger partial charge in [-0.15, -0.1) is 11.3 Å². The van der Waals surface area contributed by atoms with Crippen LogP contribution in [-0.4, -0.2) is 30.3 Å². The number of ether oxygens (including phenoxy) is 2. The van der Waals surface area contributed by atoms with Crippen molar-refractivity contribution in [1.29, 1.82) is 0 Å². The van der Waals surface area contributed by atoms with E-state index in [2.05, 4.69) is 4.98 Å². The molecule has 0 aliphatic rings. The van der Waals surface area contributed by atoms with Crippen molar-refractivity contribution in [2.24, 2.45) is 0 Å². The minimum atomic E-state index is -4.36. The number of benzene rings is 1. The van der Waals surface area contributed by atoms with E-state index >= 15 is 0 Å². The monoisotopic (exact) mass is 489 g/mol. The Hall–Kier alpha value is -2.59. The Balaban J connectivity index is 1.99. The molecule has 0 radical (unpaired) electrons. The lowest BCUT2D eigenvalue weighted by atomic mass is 9.99. The molecule has 3 aromatic rings. The van der Waals surface area contributed by atoms with E-state index in [4.69, 9.17) is 9.47 Å². The van der Waals surface area contributed by atoms with Gasteiger partial charge in [-0.3, -0.25) is 14.3 Å². The van der Waals surface area contributed by atoms with Crippen molar-refractivity contribution in [3.05, 3.63) is 63.3 Å². The van der Waals surface area contributed by atoms with Gasteiger partial charge in [-0.1, -0.05) is 12.1 Å². The molecule has 0 saturated carbocycles. The van der Waals surface area contributed by atoms with Gasteiger partial charge in [0, 0.05) is 28.8 Å². The van der Waals surface area contributed by atoms with E-state index in [-0.39, 0.29) is 23.2 Å². The van der Waals surface area contributed by atoms with Crippen molar-refractivity contribution >= 4 is 27.2 Å². The topological polar surface area (TPSA) is 103 Å². The van der Waals surface area contributed by atoms with Crippen molar-refractivity contribution in [3.8, 4) is 16.9 Å². The zero-order chi connectivity index (χ0) is 24.3. The van der Waals surface area contributed by atoms with Crippen molar-refractivity contribution in [1.82, 2.24) is 4.98 Å². The third-order valence-corrected chi connectivity index (χ3v) is 7.43. The van der Waals surface area contributed by atoms with Crippen molar-refractivity contribution in [3.63, 3.8) is 0 Å². The highest BCUT2D eigenvalue weighted by molar-refractivity contribution is 7.88. The van der Waals surface area contributed by atoms with Crippen LogP contribution in [-0.2, 0) is 28.1 Å². The maximum absolute atomic E-state index is 12.1. The van der Waals surface area contributed by atoms with Gasteiger partial charge in [-0.25, -0.2) is 0 Å². The van der Waals surface area contributed by atoms with Crippen LogP contribution < -0.4 is 4.74 Å². The lowest BCUT2D eigenvalue weighted by molar-refractivity contribution is 0.101. The molecular formula is C24H27NO6S2. The highest BCUT2D eigenvalue weighted by Crippen LogP contribution is 2.37. The summed E-state index contributed by atoms with van der Waals surface area (Å²) in [4.78, 5) is 17.2. The van der Waals surface area contributed by atoms with E-state index < -0.39 is 10.1 Å². The molecule has 9 heteroatoms. The normalized spacial score (nSPS) is 11.6. The maximum atomic E-state index is 12.1. The molecule has 3 rings (SSSR count). The lowest BCUT2D eigenvalue weighted by Gasteiger charge is -2.15. The Morgan fingerprint density at radius 2 is 1.82 bits per heavy atom. The average molecular weight is 490 g/mol. The van der Waals surface area contributed by atoms with Crippen molar-refractivity contribution in [2.75, 3.05) is 6.61 Å². The van der Waals surface area contributed by atoms with Gasteiger partial charge in [0.05, 0.1) is 17.9 Å². The van der Waals surface area contributed by atoms with Gasteiger partial charge in [0.25, 0.3) is 0 Å². The van der Waals surface area contributed by atoms with Gasteiger partial charge >= 0.3 is 10.1 Å². The predicted molar refractivity (Wildman–Crippen MR) is 128 cm³/mol. The van der Waals surface area contributed by atoms with E-state index in [1.54, 1.807) is 32.0 Å². The van der Waals surface area contributed by atoms with Crippen molar-refractivity contribution < 1.29 is 27.2 Å². The number of carbonyl (C=O) groups is 1. The summed E-state index contributed by atoms with van der Waals surface area (Å²) in [5, 5.41) is 0. The number of ketones is 1. The van der Waals surface area contributed by atoms with Crippen LogP contribution in [0.5, 0.6) is 5.75 Å². The van der Waals surface area contributed by atoms with Crippen molar-refractivity contribution in [2.45, 2.75) is 52.0 Å². The van der Waals surface area contributed by atoms with Gasteiger partial charge in [0.1, 0.15) is 12.4 Å². The molecule has 176 valence electrons. The maximum Gasteiger partial charge on any atom is 0.304 e. The molecule has 1 aromatic carbocycles. The second kappa shape index (κ2) is 10.1. The first-order valence-electron chi connectivity index (χ1n) is 10.4. The number of hydrogen-bond acceptors (Lipinski definition) is 7. The van der Waals surface area contributed by atoms with Gasteiger partial charge in [0.15, 0.2) is 9.99 Å². The van der Waals surface area contributed by atoms with Gasteiger partial charge in [-0.05, 0) is 63.4 Å². The van der Waals surface area contributed by atoms with E-state index in [1.165, 1.54) is 6.92 Å². The molecule has 0 atom stereocenters. The molecule has 2 heterocycles. The Morgan fingerprint density at radius 1 is 1.09 bits per heavy atom. The summed E-state index contributed by atoms with van der Waals surface area (Å²) >= 11 is 1.03. The van der Waals surface area contributed by atoms with Crippen LogP contribution in [0.25, 0.3) is 11.1 Å². The largest absolute Gasteiger partial charge is 0.488 e. The molecule has 33 heavy (non-hydrogen) atoms. The van der Waals surface area contributed by atoms with Crippen LogP contribution in [0, 0.1) is 20.8 Å². The van der Waals surface area contributed by atoms with Gasteiger partial charge < -0.3 is 9.47 Å². The van der Waals surface area contributed by atoms with Crippen LogP contribution in [0.1, 0.15) is 51.6 Å². The first-order chi connectivity index (χ1) is 15.5. The average Bonchev–Trinajstić information content (AvgIpc) is 3.12. The Labute approximate surface area is 198 Å². The van der Waals surface area contributed by atoms with Crippen LogP contribution in [0.3, 0.4) is 0 Å². The molecule has 0 amide bonds. The highest BCUT2D eigenvalue weighted by Gasteiger charge is 2.22. The smallest absolute Gasteiger partial charge is 0.304 e. The fourth-order valence-electron chi connectivity index (χ4n) is 3.70. The molecule has 0 bridgehead atoms. The molecule has 0 spiro atoms. The standard InChI is InChI=1S/C24H27NO6S2/c1-6-30-13-19-11-18(12-31-22-9-14(2)25-16(4)23(22)17(5)26)7-8-20(19)21-10-15(3)32-24(21)33(27,28)29/h7-11H,6,12-13H2,1-5H3,(H,27,28,29). The number of thiophene rings is 1. The van der Waals surface area contributed by atoms with Crippen LogP contribution >= 0.6 is 11.3 Å². The Bertz CT molecular complexity index is 1290. The second-order valence-electron chi connectivity index (χ2n) is 7.73. The van der Waals surface area contributed by atoms with E-state index in [0.29, 0.717) is 34.7 Å². The summed E-state index contributed by atoms with van der Waals surface area (Å²) in [5.74, 6) is 0.359. The zero-order valence-electron chi connectivity index (χ0n) is 19.3. The highest BCUT2D eigenvalue weighted by atomic mass is 32.3. The summed E-state index contributed by atoms with van der Waals surface area (Å²) in [5.41, 5.74) is 4.55. The number of pyridine rings is 1. The summed E-state index contributed by atoms with van der Waals surface area (Å²) in [6.07, 6.45) is 0. The third-order valence-electron chi connectivity index (χ3n) is 5.02. The van der Waals surface area contributed by atoms with E-state index in [9.17, 15) is 17.8 Å². The summed E-state index contributed by atoms with van der Waals surface area (Å²) in [7, 11) is -4.36. The van der Waals surface area contributed by atoms with Crippen LogP contribution in [0.4, 0.5) is 0 Å². The number of Topliss-reactive ketones (excluding diaryl/α,β-unsaturated/α-hetero) is 1. The minimum Gasteiger partial charge on any atom is -0.488 e. The predicted octanol–water partition coefficient (Wildman–Crippen LogP) is 5.30. The molecule has 2 aromatic heterocycles. The van der Waals surface area contributed by atoms with Crippen LogP contribution in [0.2, 0.25) is 0 Å². The number of carbonyl (C=O) groups excluding carboxylic acids is 1. The molecule has 1 N–H and O–H groups in total. The Kier molecular flexibility index (Phi) is 7.69. The first kappa shape index (κ1) is 25.0. The number of rotatable bonds is 9. The molecule has 0 unspecified atom stereocenters. The fourth-order valence-corrected chi connectivity index (χ4v) is 5.71. The zero-order valence-corrected chi connectivity index (χ0v) is 20.9. The summed E-state index contributed by atoms with van der Waals surface area (Å²) in [6, 6.07) is 9.01. The number of aryl methyl sites for hydroxylation is 3. The number of aromatic nitrogens is 1. The van der Waals surface area contributed by atoms with E-state index in [0.717, 1.165) is 33.0 Å². The second-order valence-corrected chi connectivity index (χ2v) is 10.6. The molecule has 0 saturated heterocycles. The number of hydrogen-bond donors (Lipinski definition) is 1. The summed E-state index contributed by atoms with van der Waals surface area (Å²) in [6.45, 7) is 9.74. The number of nitrogens with zero attached hydrogens (tertiary/aromatic N) is 1. The van der Waals surface area contributed by atoms with E-state index in [1.807, 2.05) is 26.0 Å². The lowest BCUT2D eigenvalue weighted by Crippen LogP contribution is -2.07. The quantitative estimate of drug-likeness (QED) is 0.321. The molecule has 0 aliphatic carbocycles. The van der Waals surface area contributed by atoms with Gasteiger partial charge in [-0.2, -0.15) is 8.42 Å². The summed E-state index contributed by atoms with van der Waals surface area (Å²) < 4.78 is 45.0. The fraction of sp³-hybridized carbons (Fsp3) is 0.333.